The van der Waals surface area contributed by atoms with Gasteiger partial charge >= 0.3 is 17.6 Å². The fourth-order valence-corrected chi connectivity index (χ4v) is 7.07. The van der Waals surface area contributed by atoms with Crippen LogP contribution >= 0.6 is 23.2 Å². The van der Waals surface area contributed by atoms with Gasteiger partial charge in [-0.05, 0) is 12.8 Å². The maximum absolute atomic E-state index is 10.1. The Bertz CT molecular complexity index is 194. The van der Waals surface area contributed by atoms with E-state index in [1.807, 2.05) is 0 Å². The minimum absolute atomic E-state index is 0.298. The minimum Gasteiger partial charge on any atom is -0.390 e. The fourth-order valence-electron chi connectivity index (χ4n) is 1.22. The van der Waals surface area contributed by atoms with E-state index in [1.165, 1.54) is 14.2 Å². The average Bonchev–Trinajstić information content (AvgIpc) is 2.34. The topological polar surface area (TPSA) is 68.2 Å². The highest BCUT2D eigenvalue weighted by Gasteiger charge is 2.47. The first-order valence-corrected chi connectivity index (χ1v) is 10.3. The third-order valence-electron chi connectivity index (χ3n) is 2.21. The summed E-state index contributed by atoms with van der Waals surface area (Å²) in [4.78, 5) is 20.2. The zero-order valence-corrected chi connectivity index (χ0v) is 13.6. The van der Waals surface area contributed by atoms with Crippen LogP contribution in [-0.2, 0) is 13.0 Å². The van der Waals surface area contributed by atoms with Gasteiger partial charge in [0.15, 0.2) is 0 Å². The maximum atomic E-state index is 10.1. The van der Waals surface area contributed by atoms with Crippen LogP contribution in [0.5, 0.6) is 0 Å². The quantitative estimate of drug-likeness (QED) is 0.470. The molecular formula is C8H20Cl2O5Si2. The van der Waals surface area contributed by atoms with Gasteiger partial charge in [-0.2, -0.15) is 0 Å². The van der Waals surface area contributed by atoms with E-state index < -0.39 is 17.6 Å². The molecule has 0 rings (SSSR count). The largest absolute Gasteiger partial charge is 0.490 e. The van der Waals surface area contributed by atoms with Crippen molar-refractivity contribution in [3.8, 4) is 0 Å². The zero-order valence-electron chi connectivity index (χ0n) is 10.1. The maximum Gasteiger partial charge on any atom is 0.490 e. The molecule has 0 aromatic heterocycles. The van der Waals surface area contributed by atoms with Crippen LogP contribution in [-0.4, -0.2) is 53.2 Å². The molecular weight excluding hydrogens is 303 g/mol. The van der Waals surface area contributed by atoms with Crippen molar-refractivity contribution in [1.82, 2.24) is 0 Å². The molecule has 5 nitrogen and oxygen atoms in total. The Morgan fingerprint density at radius 3 is 1.47 bits per heavy atom. The van der Waals surface area contributed by atoms with Gasteiger partial charge in [0, 0.05) is 38.1 Å². The van der Waals surface area contributed by atoms with Crippen LogP contribution in [0.2, 0.25) is 12.1 Å². The Labute approximate surface area is 114 Å². The van der Waals surface area contributed by atoms with Crippen LogP contribution in [0.25, 0.3) is 0 Å². The van der Waals surface area contributed by atoms with Gasteiger partial charge in [0.25, 0.3) is 0 Å². The molecule has 9 heteroatoms. The van der Waals surface area contributed by atoms with Crippen LogP contribution in [0, 0.1) is 0 Å². The second-order valence-electron chi connectivity index (χ2n) is 3.52. The monoisotopic (exact) mass is 322 g/mol. The van der Waals surface area contributed by atoms with Crippen molar-refractivity contribution in [2.45, 2.75) is 24.9 Å². The van der Waals surface area contributed by atoms with Crippen LogP contribution in [0.3, 0.4) is 0 Å². The molecule has 0 fully saturated rings. The SMILES string of the molecule is CO[Si](O)(CCCCl)O[Si](O)(CCCCl)OC. The lowest BCUT2D eigenvalue weighted by Crippen LogP contribution is -2.55. The summed E-state index contributed by atoms with van der Waals surface area (Å²) < 4.78 is 15.3. The van der Waals surface area contributed by atoms with E-state index in [1.54, 1.807) is 0 Å². The highest BCUT2D eigenvalue weighted by atomic mass is 35.5. The first kappa shape index (κ1) is 17.8. The molecule has 0 spiro atoms. The molecule has 0 radical (unpaired) electrons. The van der Waals surface area contributed by atoms with E-state index in [9.17, 15) is 9.59 Å². The van der Waals surface area contributed by atoms with Crippen molar-refractivity contribution < 1.29 is 22.6 Å². The van der Waals surface area contributed by atoms with E-state index in [0.29, 0.717) is 36.7 Å². The van der Waals surface area contributed by atoms with E-state index >= 15 is 0 Å². The molecule has 0 amide bonds. The van der Waals surface area contributed by atoms with Gasteiger partial charge < -0.3 is 22.6 Å². The zero-order chi connectivity index (χ0) is 13.4. The van der Waals surface area contributed by atoms with E-state index in [2.05, 4.69) is 0 Å². The highest BCUT2D eigenvalue weighted by molar-refractivity contribution is 6.73. The first-order valence-electron chi connectivity index (χ1n) is 5.32. The molecule has 2 atom stereocenters. The van der Waals surface area contributed by atoms with Crippen molar-refractivity contribution in [3.05, 3.63) is 0 Å². The third kappa shape index (κ3) is 7.09. The lowest BCUT2D eigenvalue weighted by Gasteiger charge is -2.30. The third-order valence-corrected chi connectivity index (χ3v) is 8.54. The summed E-state index contributed by atoms with van der Waals surface area (Å²) in [7, 11) is -4.08. The van der Waals surface area contributed by atoms with E-state index in [-0.39, 0.29) is 0 Å². The van der Waals surface area contributed by atoms with Crippen LogP contribution in [0.1, 0.15) is 12.8 Å². The smallest absolute Gasteiger partial charge is 0.390 e. The Morgan fingerprint density at radius 1 is 0.882 bits per heavy atom. The van der Waals surface area contributed by atoms with Crippen molar-refractivity contribution in [2.24, 2.45) is 0 Å². The van der Waals surface area contributed by atoms with Crippen LogP contribution in [0.4, 0.5) is 0 Å². The summed E-state index contributed by atoms with van der Waals surface area (Å²) in [6.07, 6.45) is 1.11. The lowest BCUT2D eigenvalue weighted by atomic mass is 10.6. The van der Waals surface area contributed by atoms with Gasteiger partial charge in [-0.25, -0.2) is 0 Å². The summed E-state index contributed by atoms with van der Waals surface area (Å²) in [6, 6.07) is 0.596. The summed E-state index contributed by atoms with van der Waals surface area (Å²) in [6.45, 7) is 0. The Kier molecular flexibility index (Phi) is 9.26. The van der Waals surface area contributed by atoms with Gasteiger partial charge in [-0.15, -0.1) is 23.2 Å². The van der Waals surface area contributed by atoms with Crippen molar-refractivity contribution in [1.29, 1.82) is 0 Å². The molecule has 2 N–H and O–H groups in total. The first-order chi connectivity index (χ1) is 7.95. The van der Waals surface area contributed by atoms with Crippen molar-refractivity contribution >= 4 is 40.8 Å². The van der Waals surface area contributed by atoms with Gasteiger partial charge in [0.2, 0.25) is 0 Å². The van der Waals surface area contributed by atoms with Crippen molar-refractivity contribution in [3.63, 3.8) is 0 Å². The Hall–Kier alpha value is 0.814. The molecule has 2 unspecified atom stereocenters. The minimum atomic E-state index is -3.39. The molecule has 0 aliphatic rings. The summed E-state index contributed by atoms with van der Waals surface area (Å²) in [5.41, 5.74) is 0. The van der Waals surface area contributed by atoms with Gasteiger partial charge in [0.05, 0.1) is 0 Å². The van der Waals surface area contributed by atoms with Crippen LogP contribution < -0.4 is 0 Å². The molecule has 0 aliphatic heterocycles. The Balaban J connectivity index is 4.47. The lowest BCUT2D eigenvalue weighted by molar-refractivity contribution is 0.116. The van der Waals surface area contributed by atoms with Gasteiger partial charge in [0.1, 0.15) is 0 Å². The fraction of sp³-hybridized carbons (Fsp3) is 1.00. The average molecular weight is 323 g/mol. The predicted molar refractivity (Wildman–Crippen MR) is 71.3 cm³/mol. The van der Waals surface area contributed by atoms with Gasteiger partial charge in [-0.1, -0.05) is 0 Å². The number of halogens is 2. The molecule has 0 heterocycles. The normalized spacial score (nSPS) is 18.7. The van der Waals surface area contributed by atoms with Gasteiger partial charge in [-0.3, -0.25) is 0 Å². The standard InChI is InChI=1S/C8H20Cl2O5Si2/c1-13-16(11,7-3-5-9)15-17(12,14-2)8-4-6-10/h11-12H,3-8H2,1-2H3. The predicted octanol–water partition coefficient (Wildman–Crippen LogP) is 1.42. The molecule has 0 aliphatic carbocycles. The van der Waals surface area contributed by atoms with E-state index in [4.69, 9.17) is 36.2 Å². The molecule has 0 saturated heterocycles. The Morgan fingerprint density at radius 2 is 1.24 bits per heavy atom. The number of hydrogen-bond donors (Lipinski definition) is 2. The second kappa shape index (κ2) is 8.84. The molecule has 104 valence electrons. The molecule has 0 saturated carbocycles. The summed E-state index contributed by atoms with van der Waals surface area (Å²) >= 11 is 11.1. The molecule has 0 bridgehead atoms. The highest BCUT2D eigenvalue weighted by Crippen LogP contribution is 2.21. The van der Waals surface area contributed by atoms with Crippen LogP contribution in [0.15, 0.2) is 0 Å². The number of hydrogen-bond acceptors (Lipinski definition) is 5. The number of alkyl halides is 2. The molecule has 17 heavy (non-hydrogen) atoms. The summed E-state index contributed by atoms with van der Waals surface area (Å²) in [5, 5.41) is 0. The van der Waals surface area contributed by atoms with Crippen molar-refractivity contribution in [2.75, 3.05) is 26.0 Å². The number of rotatable bonds is 10. The summed E-state index contributed by atoms with van der Waals surface area (Å²) in [5.74, 6) is 0.799. The molecule has 0 aromatic carbocycles. The molecule has 0 aromatic rings. The van der Waals surface area contributed by atoms with E-state index in [0.717, 1.165) is 0 Å². The second-order valence-corrected chi connectivity index (χ2v) is 9.76.